The number of hydrogen-bond donors (Lipinski definition) is 2. The van der Waals surface area contributed by atoms with E-state index < -0.39 is 0 Å². The molecule has 7 heteroatoms. The van der Waals surface area contributed by atoms with Crippen LogP contribution in [0.1, 0.15) is 32.9 Å². The number of aliphatic imine (C=N–C) groups is 1. The maximum Gasteiger partial charge on any atom is 0.194 e. The predicted octanol–water partition coefficient (Wildman–Crippen LogP) is 3.21. The van der Waals surface area contributed by atoms with Gasteiger partial charge in [0.15, 0.2) is 5.96 Å². The Kier molecular flexibility index (Phi) is 10.4. The Morgan fingerprint density at radius 1 is 1.48 bits per heavy atom. The van der Waals surface area contributed by atoms with Crippen molar-refractivity contribution in [3.63, 3.8) is 0 Å². The Hall–Kier alpha value is -0.280. The Morgan fingerprint density at radius 3 is 2.57 bits per heavy atom. The van der Waals surface area contributed by atoms with Gasteiger partial charge in [-0.15, -0.1) is 24.0 Å². The van der Waals surface area contributed by atoms with Crippen LogP contribution in [0.3, 0.4) is 0 Å². The van der Waals surface area contributed by atoms with Crippen molar-refractivity contribution in [2.24, 2.45) is 17.5 Å². The first-order chi connectivity index (χ1) is 10.3. The van der Waals surface area contributed by atoms with Crippen LogP contribution in [-0.2, 0) is 13.6 Å². The van der Waals surface area contributed by atoms with Crippen LogP contribution >= 0.6 is 39.9 Å². The Bertz CT molecular complexity index is 500. The summed E-state index contributed by atoms with van der Waals surface area (Å²) in [6.07, 6.45) is 2.95. The largest absolute Gasteiger partial charge is 0.396 e. The molecule has 0 aliphatic rings. The molecule has 1 aromatic rings. The number of aromatic nitrogens is 1. The molecule has 1 atom stereocenters. The van der Waals surface area contributed by atoms with E-state index in [1.807, 2.05) is 20.3 Å². The summed E-state index contributed by atoms with van der Waals surface area (Å²) in [5, 5.41) is 12.9. The Morgan fingerprint density at radius 2 is 2.13 bits per heavy atom. The number of halogens is 2. The smallest absolute Gasteiger partial charge is 0.194 e. The number of hydrogen-bond acceptors (Lipinski definition) is 2. The van der Waals surface area contributed by atoms with Gasteiger partial charge in [-0.3, -0.25) is 4.99 Å². The minimum absolute atomic E-state index is 0. The first-order valence-corrected chi connectivity index (χ1v) is 8.55. The molecule has 0 spiro atoms. The van der Waals surface area contributed by atoms with Crippen molar-refractivity contribution >= 4 is 45.9 Å². The molecular formula is C16H30BrIN4O. The standard InChI is InChI=1S/C16H29BrN4O.HI/c1-6-16(3,12-22)11-19-15(18-7-2)21(5)10-14-8-13(17)9-20(14)4;/h8-9,22H,6-7,10-12H2,1-5H3,(H,18,19);1H. The van der Waals surface area contributed by atoms with E-state index in [-0.39, 0.29) is 36.0 Å². The van der Waals surface area contributed by atoms with Gasteiger partial charge in [-0.25, -0.2) is 0 Å². The molecule has 0 saturated heterocycles. The molecule has 0 aromatic carbocycles. The third-order valence-corrected chi connectivity index (χ3v) is 4.45. The molecule has 0 bridgehead atoms. The number of aliphatic hydroxyl groups is 1. The summed E-state index contributed by atoms with van der Waals surface area (Å²) in [7, 11) is 4.07. The summed E-state index contributed by atoms with van der Waals surface area (Å²) in [4.78, 5) is 6.82. The van der Waals surface area contributed by atoms with Crippen LogP contribution in [0.2, 0.25) is 0 Å². The van der Waals surface area contributed by atoms with Crippen LogP contribution in [0, 0.1) is 5.41 Å². The number of nitrogens with zero attached hydrogens (tertiary/aromatic N) is 3. The van der Waals surface area contributed by atoms with Crippen LogP contribution in [0.4, 0.5) is 0 Å². The molecule has 0 radical (unpaired) electrons. The van der Waals surface area contributed by atoms with Crippen molar-refractivity contribution in [1.82, 2.24) is 14.8 Å². The van der Waals surface area contributed by atoms with Gasteiger partial charge >= 0.3 is 0 Å². The first-order valence-electron chi connectivity index (χ1n) is 7.76. The van der Waals surface area contributed by atoms with E-state index in [0.717, 1.165) is 29.9 Å². The monoisotopic (exact) mass is 500 g/mol. The minimum atomic E-state index is -0.157. The van der Waals surface area contributed by atoms with E-state index in [4.69, 9.17) is 4.99 Å². The van der Waals surface area contributed by atoms with E-state index in [1.165, 1.54) is 5.69 Å². The Balaban J connectivity index is 0.00000484. The van der Waals surface area contributed by atoms with Gasteiger partial charge in [0, 0.05) is 42.4 Å². The molecule has 5 nitrogen and oxygen atoms in total. The molecule has 23 heavy (non-hydrogen) atoms. The number of rotatable bonds is 7. The molecule has 1 unspecified atom stereocenters. The molecular weight excluding hydrogens is 471 g/mol. The molecule has 0 saturated carbocycles. The van der Waals surface area contributed by atoms with Crippen LogP contribution in [0.25, 0.3) is 0 Å². The molecule has 1 rings (SSSR count). The van der Waals surface area contributed by atoms with Crippen LogP contribution in [0.15, 0.2) is 21.7 Å². The third-order valence-electron chi connectivity index (χ3n) is 4.02. The lowest BCUT2D eigenvalue weighted by Crippen LogP contribution is -2.40. The summed E-state index contributed by atoms with van der Waals surface area (Å²) in [6.45, 7) is 8.58. The van der Waals surface area contributed by atoms with Crippen LogP contribution < -0.4 is 5.32 Å². The first kappa shape index (κ1) is 22.7. The SMILES string of the molecule is CCNC(=NCC(C)(CC)CO)N(C)Cc1cc(Br)cn1C.I. The fourth-order valence-corrected chi connectivity index (χ4v) is 2.62. The van der Waals surface area contributed by atoms with E-state index in [9.17, 15) is 5.11 Å². The number of aliphatic hydroxyl groups excluding tert-OH is 1. The van der Waals surface area contributed by atoms with Crippen molar-refractivity contribution < 1.29 is 5.11 Å². The fourth-order valence-electron chi connectivity index (χ4n) is 2.05. The zero-order valence-corrected chi connectivity index (χ0v) is 18.7. The van der Waals surface area contributed by atoms with Crippen LogP contribution in [0.5, 0.6) is 0 Å². The fraction of sp³-hybridized carbons (Fsp3) is 0.688. The molecule has 0 aliphatic heterocycles. The predicted molar refractivity (Wildman–Crippen MR) is 111 cm³/mol. The summed E-state index contributed by atoms with van der Waals surface area (Å²) in [5.41, 5.74) is 1.05. The number of guanidine groups is 1. The molecule has 1 aromatic heterocycles. The molecule has 1 heterocycles. The highest BCUT2D eigenvalue weighted by Crippen LogP contribution is 2.20. The van der Waals surface area contributed by atoms with E-state index in [1.54, 1.807) is 0 Å². The van der Waals surface area contributed by atoms with E-state index in [2.05, 4.69) is 57.6 Å². The molecule has 0 fully saturated rings. The van der Waals surface area contributed by atoms with Gasteiger partial charge < -0.3 is 19.9 Å². The second kappa shape index (κ2) is 10.6. The lowest BCUT2D eigenvalue weighted by molar-refractivity contribution is 0.145. The van der Waals surface area contributed by atoms with Gasteiger partial charge in [-0.05, 0) is 35.3 Å². The quantitative estimate of drug-likeness (QED) is 0.343. The van der Waals surface area contributed by atoms with Crippen molar-refractivity contribution in [2.45, 2.75) is 33.7 Å². The second-order valence-electron chi connectivity index (χ2n) is 6.11. The molecule has 0 aliphatic carbocycles. The summed E-state index contributed by atoms with van der Waals surface area (Å²) in [5.74, 6) is 0.868. The normalized spacial score (nSPS) is 14.1. The lowest BCUT2D eigenvalue weighted by Gasteiger charge is -2.26. The summed E-state index contributed by atoms with van der Waals surface area (Å²) in [6, 6.07) is 2.12. The zero-order valence-electron chi connectivity index (χ0n) is 14.8. The van der Waals surface area contributed by atoms with E-state index in [0.29, 0.717) is 6.54 Å². The van der Waals surface area contributed by atoms with Gasteiger partial charge in [0.05, 0.1) is 19.7 Å². The van der Waals surface area contributed by atoms with Crippen LogP contribution in [-0.4, -0.2) is 47.3 Å². The van der Waals surface area contributed by atoms with E-state index >= 15 is 0 Å². The summed E-state index contributed by atoms with van der Waals surface area (Å²) < 4.78 is 3.19. The molecule has 2 N–H and O–H groups in total. The summed E-state index contributed by atoms with van der Waals surface area (Å²) >= 11 is 3.50. The van der Waals surface area contributed by atoms with Crippen molar-refractivity contribution in [2.75, 3.05) is 26.7 Å². The number of nitrogens with one attached hydrogen (secondary N) is 1. The highest BCUT2D eigenvalue weighted by Gasteiger charge is 2.21. The van der Waals surface area contributed by atoms with Gasteiger partial charge in [0.25, 0.3) is 0 Å². The van der Waals surface area contributed by atoms with Crippen molar-refractivity contribution in [1.29, 1.82) is 0 Å². The number of aryl methyl sites for hydroxylation is 1. The maximum absolute atomic E-state index is 9.53. The highest BCUT2D eigenvalue weighted by atomic mass is 127. The van der Waals surface area contributed by atoms with Crippen molar-refractivity contribution in [3.05, 3.63) is 22.4 Å². The Labute approximate surface area is 165 Å². The average molecular weight is 501 g/mol. The molecule has 0 amide bonds. The second-order valence-corrected chi connectivity index (χ2v) is 7.02. The maximum atomic E-state index is 9.53. The average Bonchev–Trinajstić information content (AvgIpc) is 2.80. The zero-order chi connectivity index (χ0) is 16.8. The van der Waals surface area contributed by atoms with Gasteiger partial charge in [-0.2, -0.15) is 0 Å². The van der Waals surface area contributed by atoms with Gasteiger partial charge in [0.1, 0.15) is 0 Å². The highest BCUT2D eigenvalue weighted by molar-refractivity contribution is 14.0. The third kappa shape index (κ3) is 7.01. The minimum Gasteiger partial charge on any atom is -0.396 e. The topological polar surface area (TPSA) is 52.8 Å². The van der Waals surface area contributed by atoms with Gasteiger partial charge in [-0.1, -0.05) is 13.8 Å². The van der Waals surface area contributed by atoms with Crippen molar-refractivity contribution in [3.8, 4) is 0 Å². The molecule has 134 valence electrons. The lowest BCUT2D eigenvalue weighted by atomic mass is 9.89. The van der Waals surface area contributed by atoms with Gasteiger partial charge in [0.2, 0.25) is 0 Å².